The molecule has 1 atom stereocenters. The molecule has 1 aromatic heterocycles. The fraction of sp³-hybridized carbons (Fsp3) is 0.357. The third-order valence-electron chi connectivity index (χ3n) is 3.60. The molecule has 2 heterocycles. The normalized spacial score (nSPS) is 18.0. The van der Waals surface area contributed by atoms with Crippen molar-refractivity contribution < 1.29 is 9.53 Å². The van der Waals surface area contributed by atoms with E-state index in [1.807, 2.05) is 29.2 Å². The average molecular weight is 324 g/mol. The highest BCUT2D eigenvalue weighted by atomic mass is 35.5. The first-order valence-electron chi connectivity index (χ1n) is 6.63. The van der Waals surface area contributed by atoms with Crippen LogP contribution in [-0.2, 0) is 0 Å². The topological polar surface area (TPSA) is 55.3 Å². The Labute approximate surface area is 131 Å². The summed E-state index contributed by atoms with van der Waals surface area (Å²) in [4.78, 5) is 14.4. The van der Waals surface area contributed by atoms with Gasteiger partial charge in [-0.05, 0) is 42.1 Å². The van der Waals surface area contributed by atoms with Gasteiger partial charge in [-0.3, -0.25) is 4.79 Å². The second-order valence-corrected chi connectivity index (χ2v) is 6.35. The second-order valence-electron chi connectivity index (χ2n) is 4.79. The lowest BCUT2D eigenvalue weighted by molar-refractivity contribution is 0.0734. The van der Waals surface area contributed by atoms with Crippen LogP contribution in [0.4, 0.5) is 0 Å². The predicted molar refractivity (Wildman–Crippen MR) is 80.9 cm³/mol. The Morgan fingerprint density at radius 2 is 2.14 bits per heavy atom. The van der Waals surface area contributed by atoms with Crippen LogP contribution in [0, 0.1) is 0 Å². The fourth-order valence-corrected chi connectivity index (χ4v) is 3.38. The van der Waals surface area contributed by atoms with Crippen LogP contribution in [0.5, 0.6) is 5.75 Å². The molecule has 7 heteroatoms. The van der Waals surface area contributed by atoms with Crippen molar-refractivity contribution in [3.8, 4) is 5.75 Å². The van der Waals surface area contributed by atoms with Gasteiger partial charge in [0.1, 0.15) is 5.75 Å². The van der Waals surface area contributed by atoms with Gasteiger partial charge in [-0.2, -0.15) is 0 Å². The van der Waals surface area contributed by atoms with Gasteiger partial charge in [0.15, 0.2) is 0 Å². The molecule has 1 aromatic carbocycles. The highest BCUT2D eigenvalue weighted by Gasteiger charge is 2.32. The van der Waals surface area contributed by atoms with Crippen LogP contribution in [0.2, 0.25) is 4.47 Å². The fourth-order valence-electron chi connectivity index (χ4n) is 2.60. The van der Waals surface area contributed by atoms with Gasteiger partial charge >= 0.3 is 0 Å². The molecule has 0 radical (unpaired) electrons. The molecule has 21 heavy (non-hydrogen) atoms. The van der Waals surface area contributed by atoms with E-state index in [1.54, 1.807) is 7.11 Å². The first-order chi connectivity index (χ1) is 10.2. The van der Waals surface area contributed by atoms with Gasteiger partial charge in [-0.25, -0.2) is 0 Å². The molecule has 0 saturated carbocycles. The Morgan fingerprint density at radius 3 is 2.76 bits per heavy atom. The molecule has 5 nitrogen and oxygen atoms in total. The van der Waals surface area contributed by atoms with Crippen molar-refractivity contribution in [2.45, 2.75) is 18.9 Å². The molecule has 2 aromatic rings. The maximum Gasteiger partial charge on any atom is 0.285 e. The SMILES string of the molecule is COc1ccc(C2CCCN2C(=O)c2nnc(Cl)s2)cc1. The Balaban J connectivity index is 1.83. The van der Waals surface area contributed by atoms with Crippen LogP contribution in [-0.4, -0.2) is 34.7 Å². The third-order valence-corrected chi connectivity index (χ3v) is 4.60. The largest absolute Gasteiger partial charge is 0.497 e. The molecular weight excluding hydrogens is 310 g/mol. The predicted octanol–water partition coefficient (Wildman–Crippen LogP) is 3.18. The van der Waals surface area contributed by atoms with E-state index in [1.165, 1.54) is 0 Å². The highest BCUT2D eigenvalue weighted by molar-refractivity contribution is 7.17. The van der Waals surface area contributed by atoms with Crippen LogP contribution in [0.15, 0.2) is 24.3 Å². The van der Waals surface area contributed by atoms with Crippen molar-refractivity contribution in [2.75, 3.05) is 13.7 Å². The lowest BCUT2D eigenvalue weighted by Crippen LogP contribution is -2.30. The number of halogens is 1. The molecule has 0 bridgehead atoms. The summed E-state index contributed by atoms with van der Waals surface area (Å²) in [5.41, 5.74) is 1.11. The number of carbonyl (C=O) groups is 1. The molecule has 0 aliphatic carbocycles. The van der Waals surface area contributed by atoms with Gasteiger partial charge in [-0.15, -0.1) is 10.2 Å². The van der Waals surface area contributed by atoms with Crippen LogP contribution < -0.4 is 4.74 Å². The summed E-state index contributed by atoms with van der Waals surface area (Å²) in [6.07, 6.45) is 1.93. The maximum atomic E-state index is 12.5. The minimum Gasteiger partial charge on any atom is -0.497 e. The van der Waals surface area contributed by atoms with Crippen LogP contribution in [0.1, 0.15) is 34.2 Å². The minimum atomic E-state index is -0.0993. The second kappa shape index (κ2) is 5.99. The van der Waals surface area contributed by atoms with Crippen molar-refractivity contribution in [3.05, 3.63) is 39.3 Å². The number of ether oxygens (including phenoxy) is 1. The summed E-state index contributed by atoms with van der Waals surface area (Å²) < 4.78 is 5.46. The molecule has 1 unspecified atom stereocenters. The number of rotatable bonds is 3. The van der Waals surface area contributed by atoms with Gasteiger partial charge < -0.3 is 9.64 Å². The number of nitrogens with zero attached hydrogens (tertiary/aromatic N) is 3. The summed E-state index contributed by atoms with van der Waals surface area (Å²) in [6.45, 7) is 0.729. The monoisotopic (exact) mass is 323 g/mol. The Bertz CT molecular complexity index is 644. The molecule has 3 rings (SSSR count). The third kappa shape index (κ3) is 2.87. The summed E-state index contributed by atoms with van der Waals surface area (Å²) in [5.74, 6) is 0.711. The lowest BCUT2D eigenvalue weighted by atomic mass is 10.0. The Kier molecular flexibility index (Phi) is 4.07. The van der Waals surface area contributed by atoms with Crippen molar-refractivity contribution in [1.29, 1.82) is 0 Å². The van der Waals surface area contributed by atoms with Crippen LogP contribution in [0.3, 0.4) is 0 Å². The van der Waals surface area contributed by atoms with Gasteiger partial charge in [0.25, 0.3) is 5.91 Å². The molecule has 1 aliphatic rings. The smallest absolute Gasteiger partial charge is 0.285 e. The quantitative estimate of drug-likeness (QED) is 0.870. The molecule has 1 aliphatic heterocycles. The van der Waals surface area contributed by atoms with E-state index < -0.39 is 0 Å². The molecular formula is C14H14ClN3O2S. The minimum absolute atomic E-state index is 0.0751. The number of methoxy groups -OCH3 is 1. The highest BCUT2D eigenvalue weighted by Crippen LogP contribution is 2.34. The summed E-state index contributed by atoms with van der Waals surface area (Å²) >= 11 is 6.88. The van der Waals surface area contributed by atoms with Gasteiger partial charge in [0.2, 0.25) is 9.47 Å². The van der Waals surface area contributed by atoms with E-state index in [2.05, 4.69) is 10.2 Å². The molecule has 1 fully saturated rings. The number of benzene rings is 1. The zero-order valence-corrected chi connectivity index (χ0v) is 13.0. The molecule has 0 spiro atoms. The maximum absolute atomic E-state index is 12.5. The number of carbonyl (C=O) groups excluding carboxylic acids is 1. The van der Waals surface area contributed by atoms with E-state index in [0.717, 1.165) is 42.0 Å². The van der Waals surface area contributed by atoms with Gasteiger partial charge in [-0.1, -0.05) is 23.5 Å². The van der Waals surface area contributed by atoms with Crippen molar-refractivity contribution in [1.82, 2.24) is 15.1 Å². The van der Waals surface area contributed by atoms with Crippen LogP contribution >= 0.6 is 22.9 Å². The Morgan fingerprint density at radius 1 is 1.38 bits per heavy atom. The van der Waals surface area contributed by atoms with E-state index in [0.29, 0.717) is 9.47 Å². The van der Waals surface area contributed by atoms with Crippen molar-refractivity contribution in [2.24, 2.45) is 0 Å². The standard InChI is InChI=1S/C14H14ClN3O2S/c1-20-10-6-4-9(5-7-10)11-3-2-8-18(11)13(19)12-16-17-14(15)21-12/h4-7,11H,2-3,8H2,1H3. The van der Waals surface area contributed by atoms with Crippen LogP contribution in [0.25, 0.3) is 0 Å². The lowest BCUT2D eigenvalue weighted by Gasteiger charge is -2.24. The van der Waals surface area contributed by atoms with Gasteiger partial charge in [0.05, 0.1) is 13.2 Å². The first kappa shape index (κ1) is 14.3. The van der Waals surface area contributed by atoms with E-state index in [4.69, 9.17) is 16.3 Å². The van der Waals surface area contributed by atoms with E-state index in [9.17, 15) is 4.79 Å². The molecule has 1 amide bonds. The number of likely N-dealkylation sites (tertiary alicyclic amines) is 1. The first-order valence-corrected chi connectivity index (χ1v) is 7.82. The Hall–Kier alpha value is -1.66. The number of aromatic nitrogens is 2. The molecule has 0 N–H and O–H groups in total. The number of hydrogen-bond donors (Lipinski definition) is 0. The zero-order valence-electron chi connectivity index (χ0n) is 11.5. The number of hydrogen-bond acceptors (Lipinski definition) is 5. The zero-order chi connectivity index (χ0) is 14.8. The van der Waals surface area contributed by atoms with Crippen molar-refractivity contribution in [3.63, 3.8) is 0 Å². The molecule has 1 saturated heterocycles. The summed E-state index contributed by atoms with van der Waals surface area (Å²) in [5, 5.41) is 7.89. The molecule has 110 valence electrons. The summed E-state index contributed by atoms with van der Waals surface area (Å²) in [7, 11) is 1.64. The number of amides is 1. The average Bonchev–Trinajstić information content (AvgIpc) is 3.15. The van der Waals surface area contributed by atoms with E-state index in [-0.39, 0.29) is 11.9 Å². The summed E-state index contributed by atoms with van der Waals surface area (Å²) in [6, 6.07) is 7.91. The van der Waals surface area contributed by atoms with E-state index >= 15 is 0 Å². The van der Waals surface area contributed by atoms with Crippen molar-refractivity contribution >= 4 is 28.8 Å². The van der Waals surface area contributed by atoms with Gasteiger partial charge in [0, 0.05) is 6.54 Å².